The zero-order valence-corrected chi connectivity index (χ0v) is 18.5. The van der Waals surface area contributed by atoms with Crippen molar-refractivity contribution in [2.75, 3.05) is 31.5 Å². The van der Waals surface area contributed by atoms with Crippen LogP contribution in [0.1, 0.15) is 24.5 Å². The molecule has 1 unspecified atom stereocenters. The molecule has 1 aliphatic carbocycles. The van der Waals surface area contributed by atoms with Crippen molar-refractivity contribution in [3.8, 4) is 0 Å². The fourth-order valence-electron chi connectivity index (χ4n) is 4.15. The molecule has 2 aromatic rings. The van der Waals surface area contributed by atoms with Gasteiger partial charge < -0.3 is 5.32 Å². The number of fused-ring (bicyclic) bond motifs is 1. The molecule has 8 heteroatoms. The molecule has 1 N–H and O–H groups in total. The number of carbonyl (C=O) groups excluding carboxylic acids is 1. The number of rotatable bonds is 5. The van der Waals surface area contributed by atoms with Gasteiger partial charge in [0.15, 0.2) is 0 Å². The van der Waals surface area contributed by atoms with Gasteiger partial charge in [-0.3, -0.25) is 9.69 Å². The number of anilines is 1. The lowest BCUT2D eigenvalue weighted by Crippen LogP contribution is -2.53. The maximum Gasteiger partial charge on any atom is 0.243 e. The SMILES string of the molecule is CC(C(=O)Nc1ccccc1Cl)N1CCN(S(=O)(=O)c2ccc3c(c2)CCC3)CC1. The summed E-state index contributed by atoms with van der Waals surface area (Å²) >= 11 is 6.12. The van der Waals surface area contributed by atoms with Gasteiger partial charge in [-0.25, -0.2) is 8.42 Å². The number of benzene rings is 2. The first-order chi connectivity index (χ1) is 14.4. The van der Waals surface area contributed by atoms with Crippen LogP contribution < -0.4 is 5.32 Å². The van der Waals surface area contributed by atoms with Crippen molar-refractivity contribution < 1.29 is 13.2 Å². The Morgan fingerprint density at radius 2 is 1.73 bits per heavy atom. The normalized spacial score (nSPS) is 18.7. The fraction of sp³-hybridized carbons (Fsp3) is 0.409. The fourth-order valence-corrected chi connectivity index (χ4v) is 5.81. The maximum absolute atomic E-state index is 13.1. The molecule has 1 atom stereocenters. The molecule has 0 saturated carbocycles. The third-order valence-electron chi connectivity index (χ3n) is 6.04. The van der Waals surface area contributed by atoms with Crippen LogP contribution in [0.3, 0.4) is 0 Å². The number of hydrogen-bond acceptors (Lipinski definition) is 4. The number of hydrogen-bond donors (Lipinski definition) is 1. The topological polar surface area (TPSA) is 69.7 Å². The summed E-state index contributed by atoms with van der Waals surface area (Å²) in [6.07, 6.45) is 3.07. The van der Waals surface area contributed by atoms with E-state index in [9.17, 15) is 13.2 Å². The van der Waals surface area contributed by atoms with Gasteiger partial charge in [0.05, 0.1) is 21.6 Å². The third-order valence-corrected chi connectivity index (χ3v) is 8.26. The molecule has 0 bridgehead atoms. The molecule has 1 amide bonds. The van der Waals surface area contributed by atoms with E-state index in [2.05, 4.69) is 5.32 Å². The predicted octanol–water partition coefficient (Wildman–Crippen LogP) is 3.16. The molecule has 1 saturated heterocycles. The number of aryl methyl sites for hydroxylation is 2. The molecule has 2 aliphatic rings. The van der Waals surface area contributed by atoms with Crippen LogP contribution in [0.25, 0.3) is 0 Å². The van der Waals surface area contributed by atoms with Crippen molar-refractivity contribution >= 4 is 33.2 Å². The lowest BCUT2D eigenvalue weighted by atomic mass is 10.1. The zero-order chi connectivity index (χ0) is 21.3. The first kappa shape index (κ1) is 21.3. The van der Waals surface area contributed by atoms with Crippen LogP contribution >= 0.6 is 11.6 Å². The quantitative estimate of drug-likeness (QED) is 0.764. The Morgan fingerprint density at radius 1 is 1.03 bits per heavy atom. The average molecular weight is 448 g/mol. The average Bonchev–Trinajstić information content (AvgIpc) is 3.23. The van der Waals surface area contributed by atoms with Crippen molar-refractivity contribution in [1.29, 1.82) is 0 Å². The highest BCUT2D eigenvalue weighted by molar-refractivity contribution is 7.89. The van der Waals surface area contributed by atoms with Gasteiger partial charge in [-0.05, 0) is 61.6 Å². The smallest absolute Gasteiger partial charge is 0.243 e. The second-order valence-corrected chi connectivity index (χ2v) is 10.2. The van der Waals surface area contributed by atoms with Gasteiger partial charge in [0, 0.05) is 26.2 Å². The Labute approximate surface area is 182 Å². The maximum atomic E-state index is 13.1. The monoisotopic (exact) mass is 447 g/mol. The standard InChI is InChI=1S/C22H26ClN3O3S/c1-16(22(27)24-21-8-3-2-7-20(21)23)25-11-13-26(14-12-25)30(28,29)19-10-9-17-5-4-6-18(17)15-19/h2-3,7-10,15-16H,4-6,11-14H2,1H3,(H,24,27). The summed E-state index contributed by atoms with van der Waals surface area (Å²) < 4.78 is 27.7. The van der Waals surface area contributed by atoms with E-state index in [1.165, 1.54) is 9.87 Å². The second-order valence-electron chi connectivity index (χ2n) is 7.87. The summed E-state index contributed by atoms with van der Waals surface area (Å²) in [5.74, 6) is -0.155. The lowest BCUT2D eigenvalue weighted by Gasteiger charge is -2.36. The molecule has 4 rings (SSSR count). The van der Waals surface area contributed by atoms with E-state index in [4.69, 9.17) is 11.6 Å². The number of nitrogens with zero attached hydrogens (tertiary/aromatic N) is 2. The van der Waals surface area contributed by atoms with E-state index in [1.54, 1.807) is 18.2 Å². The van der Waals surface area contributed by atoms with Crippen LogP contribution in [0.15, 0.2) is 47.4 Å². The molecule has 30 heavy (non-hydrogen) atoms. The number of carbonyl (C=O) groups is 1. The van der Waals surface area contributed by atoms with Crippen molar-refractivity contribution in [3.05, 3.63) is 58.6 Å². The largest absolute Gasteiger partial charge is 0.323 e. The first-order valence-corrected chi connectivity index (χ1v) is 12.1. The Balaban J connectivity index is 1.38. The summed E-state index contributed by atoms with van der Waals surface area (Å²) in [7, 11) is -3.52. The van der Waals surface area contributed by atoms with Gasteiger partial charge in [-0.2, -0.15) is 4.31 Å². The van der Waals surface area contributed by atoms with Gasteiger partial charge in [0.1, 0.15) is 0 Å². The highest BCUT2D eigenvalue weighted by Crippen LogP contribution is 2.27. The van der Waals surface area contributed by atoms with Gasteiger partial charge in [0.25, 0.3) is 0 Å². The van der Waals surface area contributed by atoms with Gasteiger partial charge in [-0.1, -0.05) is 29.8 Å². The van der Waals surface area contributed by atoms with Crippen molar-refractivity contribution in [1.82, 2.24) is 9.21 Å². The minimum absolute atomic E-state index is 0.155. The van der Waals surface area contributed by atoms with Crippen LogP contribution in [0.2, 0.25) is 5.02 Å². The molecule has 1 fully saturated rings. The van der Waals surface area contributed by atoms with E-state index in [1.807, 2.05) is 36.1 Å². The minimum Gasteiger partial charge on any atom is -0.323 e. The zero-order valence-electron chi connectivity index (χ0n) is 17.0. The number of nitrogens with one attached hydrogen (secondary N) is 1. The number of para-hydroxylation sites is 1. The summed E-state index contributed by atoms with van der Waals surface area (Å²) in [6, 6.07) is 12.2. The van der Waals surface area contributed by atoms with E-state index in [0.717, 1.165) is 24.8 Å². The Kier molecular flexibility index (Phi) is 6.16. The van der Waals surface area contributed by atoms with E-state index in [0.29, 0.717) is 41.8 Å². The van der Waals surface area contributed by atoms with Crippen LogP contribution in [0.4, 0.5) is 5.69 Å². The van der Waals surface area contributed by atoms with E-state index >= 15 is 0 Å². The Morgan fingerprint density at radius 3 is 2.47 bits per heavy atom. The van der Waals surface area contributed by atoms with Gasteiger partial charge in [-0.15, -0.1) is 0 Å². The predicted molar refractivity (Wildman–Crippen MR) is 118 cm³/mol. The Hall–Kier alpha value is -1.93. The summed E-state index contributed by atoms with van der Waals surface area (Å²) in [5.41, 5.74) is 2.99. The van der Waals surface area contributed by atoms with E-state index in [-0.39, 0.29) is 11.9 Å². The summed E-state index contributed by atoms with van der Waals surface area (Å²) in [5, 5.41) is 3.34. The second kappa shape index (κ2) is 8.67. The number of amides is 1. The van der Waals surface area contributed by atoms with Crippen molar-refractivity contribution in [2.45, 2.75) is 37.1 Å². The number of sulfonamides is 1. The number of piperazine rings is 1. The molecule has 1 aliphatic heterocycles. The molecular formula is C22H26ClN3O3S. The van der Waals surface area contributed by atoms with Crippen LogP contribution in [-0.2, 0) is 27.7 Å². The van der Waals surface area contributed by atoms with Crippen molar-refractivity contribution in [3.63, 3.8) is 0 Å². The molecule has 6 nitrogen and oxygen atoms in total. The molecule has 1 heterocycles. The van der Waals surface area contributed by atoms with Crippen LogP contribution in [-0.4, -0.2) is 55.8 Å². The van der Waals surface area contributed by atoms with Gasteiger partial charge in [0.2, 0.25) is 15.9 Å². The molecule has 0 radical (unpaired) electrons. The molecule has 160 valence electrons. The molecule has 0 spiro atoms. The highest BCUT2D eigenvalue weighted by Gasteiger charge is 2.32. The Bertz CT molecular complexity index is 1050. The summed E-state index contributed by atoms with van der Waals surface area (Å²) in [4.78, 5) is 15.0. The third kappa shape index (κ3) is 4.25. The molecule has 2 aromatic carbocycles. The van der Waals surface area contributed by atoms with Crippen LogP contribution in [0, 0.1) is 0 Å². The highest BCUT2D eigenvalue weighted by atomic mass is 35.5. The van der Waals surface area contributed by atoms with E-state index < -0.39 is 10.0 Å². The summed E-state index contributed by atoms with van der Waals surface area (Å²) in [6.45, 7) is 3.56. The minimum atomic E-state index is -3.52. The molecule has 0 aromatic heterocycles. The van der Waals surface area contributed by atoms with Gasteiger partial charge >= 0.3 is 0 Å². The van der Waals surface area contributed by atoms with Crippen molar-refractivity contribution in [2.24, 2.45) is 0 Å². The van der Waals surface area contributed by atoms with Crippen LogP contribution in [0.5, 0.6) is 0 Å². The first-order valence-electron chi connectivity index (χ1n) is 10.3. The lowest BCUT2D eigenvalue weighted by molar-refractivity contribution is -0.121. The molecular weight excluding hydrogens is 422 g/mol. The number of halogens is 1.